The van der Waals surface area contributed by atoms with E-state index in [2.05, 4.69) is 12.1 Å². The van der Waals surface area contributed by atoms with Gasteiger partial charge in [-0.2, -0.15) is 0 Å². The van der Waals surface area contributed by atoms with E-state index in [4.69, 9.17) is 0 Å². The van der Waals surface area contributed by atoms with Gasteiger partial charge >= 0.3 is 0 Å². The SMILES string of the molecule is CC(=O)c1ccc(-c2c[c]cc(C)c2)s1. The highest BCUT2D eigenvalue weighted by Crippen LogP contribution is 2.28. The van der Waals surface area contributed by atoms with Crippen LogP contribution >= 0.6 is 11.3 Å². The van der Waals surface area contributed by atoms with Crippen LogP contribution in [0.15, 0.2) is 30.3 Å². The summed E-state index contributed by atoms with van der Waals surface area (Å²) in [7, 11) is 0. The summed E-state index contributed by atoms with van der Waals surface area (Å²) < 4.78 is 0. The zero-order valence-electron chi connectivity index (χ0n) is 8.70. The summed E-state index contributed by atoms with van der Waals surface area (Å²) in [5.74, 6) is 0.128. The van der Waals surface area contributed by atoms with E-state index in [1.54, 1.807) is 6.92 Å². The zero-order chi connectivity index (χ0) is 10.8. The lowest BCUT2D eigenvalue weighted by Gasteiger charge is -1.97. The lowest BCUT2D eigenvalue weighted by Crippen LogP contribution is -1.83. The van der Waals surface area contributed by atoms with E-state index in [9.17, 15) is 4.79 Å². The van der Waals surface area contributed by atoms with Gasteiger partial charge in [0.25, 0.3) is 0 Å². The van der Waals surface area contributed by atoms with Crippen LogP contribution in [-0.4, -0.2) is 5.78 Å². The standard InChI is InChI=1S/C13H11OS/c1-9-4-3-5-11(8-9)13-7-6-12(15-13)10(2)14/h4-8H,1-2H3. The van der Waals surface area contributed by atoms with Crippen molar-refractivity contribution in [3.63, 3.8) is 0 Å². The summed E-state index contributed by atoms with van der Waals surface area (Å²) in [6.45, 7) is 3.64. The van der Waals surface area contributed by atoms with Crippen LogP contribution in [0.3, 0.4) is 0 Å². The van der Waals surface area contributed by atoms with Gasteiger partial charge in [-0.15, -0.1) is 11.3 Å². The number of rotatable bonds is 2. The van der Waals surface area contributed by atoms with Crippen LogP contribution in [0.25, 0.3) is 10.4 Å². The summed E-state index contributed by atoms with van der Waals surface area (Å²) in [6, 6.07) is 13.0. The summed E-state index contributed by atoms with van der Waals surface area (Å²) in [5.41, 5.74) is 2.32. The van der Waals surface area contributed by atoms with Crippen LogP contribution in [0, 0.1) is 13.0 Å². The maximum Gasteiger partial charge on any atom is 0.169 e. The van der Waals surface area contributed by atoms with Crippen LogP contribution in [0.1, 0.15) is 22.2 Å². The maximum atomic E-state index is 11.2. The van der Waals surface area contributed by atoms with Crippen LogP contribution < -0.4 is 0 Å². The first-order valence-electron chi connectivity index (χ1n) is 4.76. The van der Waals surface area contributed by atoms with Gasteiger partial charge in [-0.05, 0) is 49.2 Å². The monoisotopic (exact) mass is 215 g/mol. The minimum absolute atomic E-state index is 0.128. The van der Waals surface area contributed by atoms with Crippen molar-refractivity contribution in [2.75, 3.05) is 0 Å². The van der Waals surface area contributed by atoms with Gasteiger partial charge < -0.3 is 0 Å². The third kappa shape index (κ3) is 2.16. The highest BCUT2D eigenvalue weighted by molar-refractivity contribution is 7.17. The third-order valence-electron chi connectivity index (χ3n) is 2.17. The molecule has 0 N–H and O–H groups in total. The Bertz CT molecular complexity index is 497. The van der Waals surface area contributed by atoms with Crippen LogP contribution in [-0.2, 0) is 0 Å². The molecule has 1 radical (unpaired) electrons. The number of hydrogen-bond donors (Lipinski definition) is 0. The van der Waals surface area contributed by atoms with Crippen molar-refractivity contribution >= 4 is 17.1 Å². The molecule has 2 aromatic rings. The van der Waals surface area contributed by atoms with Crippen LogP contribution in [0.5, 0.6) is 0 Å². The Balaban J connectivity index is 2.41. The van der Waals surface area contributed by atoms with Crippen molar-refractivity contribution in [1.82, 2.24) is 0 Å². The Morgan fingerprint density at radius 1 is 1.33 bits per heavy atom. The van der Waals surface area contributed by atoms with Crippen molar-refractivity contribution < 1.29 is 4.79 Å². The molecule has 0 spiro atoms. The Kier molecular flexibility index (Phi) is 2.69. The second-order valence-corrected chi connectivity index (χ2v) is 4.60. The summed E-state index contributed by atoms with van der Waals surface area (Å²) >= 11 is 1.53. The van der Waals surface area contributed by atoms with Gasteiger partial charge in [0.2, 0.25) is 0 Å². The zero-order valence-corrected chi connectivity index (χ0v) is 9.52. The van der Waals surface area contributed by atoms with Crippen molar-refractivity contribution in [3.8, 4) is 10.4 Å². The van der Waals surface area contributed by atoms with Crippen molar-refractivity contribution in [2.45, 2.75) is 13.8 Å². The second-order valence-electron chi connectivity index (χ2n) is 3.52. The average molecular weight is 215 g/mol. The summed E-state index contributed by atoms with van der Waals surface area (Å²) in [5, 5.41) is 0. The average Bonchev–Trinajstić information content (AvgIpc) is 2.66. The van der Waals surface area contributed by atoms with E-state index >= 15 is 0 Å². The molecule has 0 aliphatic rings. The minimum atomic E-state index is 0.128. The molecule has 75 valence electrons. The fourth-order valence-corrected chi connectivity index (χ4v) is 2.30. The molecule has 0 aliphatic carbocycles. The highest BCUT2D eigenvalue weighted by Gasteiger charge is 2.05. The van der Waals surface area contributed by atoms with E-state index in [0.29, 0.717) is 0 Å². The van der Waals surface area contributed by atoms with Crippen LogP contribution in [0.4, 0.5) is 0 Å². The molecule has 1 heterocycles. The predicted molar refractivity (Wildman–Crippen MR) is 63.3 cm³/mol. The molecular weight excluding hydrogens is 204 g/mol. The van der Waals surface area contributed by atoms with Gasteiger partial charge in [0.05, 0.1) is 4.88 Å². The van der Waals surface area contributed by atoms with Gasteiger partial charge in [-0.1, -0.05) is 12.1 Å². The van der Waals surface area contributed by atoms with Gasteiger partial charge in [0.1, 0.15) is 0 Å². The second kappa shape index (κ2) is 3.99. The van der Waals surface area contributed by atoms with Crippen molar-refractivity contribution in [3.05, 3.63) is 46.8 Å². The number of carbonyl (C=O) groups is 1. The first-order chi connectivity index (χ1) is 7.16. The quantitative estimate of drug-likeness (QED) is 0.698. The van der Waals surface area contributed by atoms with Gasteiger partial charge in [-0.3, -0.25) is 4.79 Å². The largest absolute Gasteiger partial charge is 0.294 e. The van der Waals surface area contributed by atoms with E-state index in [-0.39, 0.29) is 5.78 Å². The smallest absolute Gasteiger partial charge is 0.169 e. The highest BCUT2D eigenvalue weighted by atomic mass is 32.1. The molecule has 15 heavy (non-hydrogen) atoms. The number of Topliss-reactive ketones (excluding diaryl/α,β-unsaturated/α-hetero) is 1. The van der Waals surface area contributed by atoms with Crippen LogP contribution in [0.2, 0.25) is 0 Å². The molecule has 0 atom stereocenters. The number of benzene rings is 1. The number of carbonyl (C=O) groups excluding carboxylic acids is 1. The van der Waals surface area contributed by atoms with E-state index in [1.807, 2.05) is 31.2 Å². The molecule has 1 aromatic carbocycles. The maximum absolute atomic E-state index is 11.2. The molecule has 0 aliphatic heterocycles. The number of hydrogen-bond acceptors (Lipinski definition) is 2. The number of thiophene rings is 1. The fraction of sp³-hybridized carbons (Fsp3) is 0.154. The molecule has 0 amide bonds. The Labute approximate surface area is 93.4 Å². The lowest BCUT2D eigenvalue weighted by molar-refractivity contribution is 0.102. The summed E-state index contributed by atoms with van der Waals surface area (Å²) in [4.78, 5) is 13.1. The topological polar surface area (TPSA) is 17.1 Å². The molecule has 0 fully saturated rings. The van der Waals surface area contributed by atoms with Gasteiger partial charge in [0, 0.05) is 4.88 Å². The molecule has 2 rings (SSSR count). The molecule has 0 unspecified atom stereocenters. The molecular formula is C13H11OS. The number of ketones is 1. The predicted octanol–water partition coefficient (Wildman–Crippen LogP) is 3.73. The molecule has 1 nitrogen and oxygen atoms in total. The summed E-state index contributed by atoms with van der Waals surface area (Å²) in [6.07, 6.45) is 0. The number of aryl methyl sites for hydroxylation is 1. The van der Waals surface area contributed by atoms with E-state index in [0.717, 1.165) is 15.3 Å². The third-order valence-corrected chi connectivity index (χ3v) is 3.41. The molecule has 1 aromatic heterocycles. The first kappa shape index (κ1) is 10.1. The Hall–Kier alpha value is -1.41. The van der Waals surface area contributed by atoms with Crippen molar-refractivity contribution in [1.29, 1.82) is 0 Å². The van der Waals surface area contributed by atoms with Gasteiger partial charge in [-0.25, -0.2) is 0 Å². The molecule has 0 bridgehead atoms. The normalized spacial score (nSPS) is 10.3. The van der Waals surface area contributed by atoms with E-state index in [1.165, 1.54) is 16.9 Å². The van der Waals surface area contributed by atoms with E-state index < -0.39 is 0 Å². The minimum Gasteiger partial charge on any atom is -0.294 e. The first-order valence-corrected chi connectivity index (χ1v) is 5.57. The van der Waals surface area contributed by atoms with Crippen molar-refractivity contribution in [2.24, 2.45) is 0 Å². The fourth-order valence-electron chi connectivity index (χ4n) is 1.42. The molecule has 0 saturated heterocycles. The lowest BCUT2D eigenvalue weighted by atomic mass is 10.1. The Morgan fingerprint density at radius 3 is 2.73 bits per heavy atom. The molecule has 0 saturated carbocycles. The Morgan fingerprint density at radius 2 is 2.13 bits per heavy atom. The molecule has 2 heteroatoms. The van der Waals surface area contributed by atoms with Gasteiger partial charge in [0.15, 0.2) is 5.78 Å².